The Labute approximate surface area is 114 Å². The van der Waals surface area contributed by atoms with Gasteiger partial charge in [0.2, 0.25) is 5.91 Å². The van der Waals surface area contributed by atoms with E-state index in [-0.39, 0.29) is 18.6 Å². The van der Waals surface area contributed by atoms with Crippen LogP contribution in [0.25, 0.3) is 6.08 Å². The van der Waals surface area contributed by atoms with Crippen LogP contribution in [0, 0.1) is 0 Å². The standard InChI is InChI=1S/C15H22N2O2/c1-12(10-11-18)16-15(19)9-6-13-4-7-14(8-5-13)17(2)3/h4-9,12,18H,10-11H2,1-3H3,(H,16,19)/b9-6+. The Morgan fingerprint density at radius 2 is 2.00 bits per heavy atom. The second kappa shape index (κ2) is 7.59. The zero-order valence-electron chi connectivity index (χ0n) is 11.8. The third-order valence-corrected chi connectivity index (χ3v) is 2.79. The Hall–Kier alpha value is -1.81. The van der Waals surface area contributed by atoms with E-state index >= 15 is 0 Å². The molecule has 1 amide bonds. The fourth-order valence-corrected chi connectivity index (χ4v) is 1.61. The van der Waals surface area contributed by atoms with Crippen LogP contribution in [0.3, 0.4) is 0 Å². The molecule has 19 heavy (non-hydrogen) atoms. The Morgan fingerprint density at radius 1 is 1.37 bits per heavy atom. The lowest BCUT2D eigenvalue weighted by molar-refractivity contribution is -0.117. The molecule has 104 valence electrons. The van der Waals surface area contributed by atoms with Crippen LogP contribution >= 0.6 is 0 Å². The van der Waals surface area contributed by atoms with Crippen molar-refractivity contribution in [2.75, 3.05) is 25.6 Å². The summed E-state index contributed by atoms with van der Waals surface area (Å²) in [4.78, 5) is 13.6. The van der Waals surface area contributed by atoms with Gasteiger partial charge in [0.1, 0.15) is 0 Å². The summed E-state index contributed by atoms with van der Waals surface area (Å²) < 4.78 is 0. The molecular formula is C15H22N2O2. The molecule has 1 aromatic rings. The van der Waals surface area contributed by atoms with E-state index in [1.54, 1.807) is 6.08 Å². The topological polar surface area (TPSA) is 52.6 Å². The predicted molar refractivity (Wildman–Crippen MR) is 79.1 cm³/mol. The van der Waals surface area contributed by atoms with Crippen LogP contribution in [0.1, 0.15) is 18.9 Å². The van der Waals surface area contributed by atoms with E-state index in [0.29, 0.717) is 6.42 Å². The highest BCUT2D eigenvalue weighted by Gasteiger charge is 2.03. The molecule has 1 rings (SSSR count). The molecule has 0 radical (unpaired) electrons. The second-order valence-corrected chi connectivity index (χ2v) is 4.74. The molecule has 0 heterocycles. The monoisotopic (exact) mass is 262 g/mol. The van der Waals surface area contributed by atoms with Gasteiger partial charge in [0.15, 0.2) is 0 Å². The lowest BCUT2D eigenvalue weighted by atomic mass is 10.2. The molecule has 0 saturated heterocycles. The van der Waals surface area contributed by atoms with Crippen molar-refractivity contribution in [3.8, 4) is 0 Å². The first-order valence-electron chi connectivity index (χ1n) is 6.39. The Balaban J connectivity index is 2.54. The van der Waals surface area contributed by atoms with Gasteiger partial charge in [-0.3, -0.25) is 4.79 Å². The van der Waals surface area contributed by atoms with Gasteiger partial charge in [-0.2, -0.15) is 0 Å². The van der Waals surface area contributed by atoms with Crippen LogP contribution in [-0.2, 0) is 4.79 Å². The zero-order valence-corrected chi connectivity index (χ0v) is 11.8. The summed E-state index contributed by atoms with van der Waals surface area (Å²) >= 11 is 0. The first kappa shape index (κ1) is 15.2. The highest BCUT2D eigenvalue weighted by molar-refractivity contribution is 5.91. The third kappa shape index (κ3) is 5.57. The molecular weight excluding hydrogens is 240 g/mol. The minimum atomic E-state index is -0.141. The molecule has 1 aromatic carbocycles. The molecule has 1 unspecified atom stereocenters. The van der Waals surface area contributed by atoms with Gasteiger partial charge in [-0.1, -0.05) is 12.1 Å². The van der Waals surface area contributed by atoms with Crippen LogP contribution in [0.5, 0.6) is 0 Å². The first-order valence-corrected chi connectivity index (χ1v) is 6.39. The number of aliphatic hydroxyl groups excluding tert-OH is 1. The fraction of sp³-hybridized carbons (Fsp3) is 0.400. The van der Waals surface area contributed by atoms with Crippen molar-refractivity contribution in [3.63, 3.8) is 0 Å². The summed E-state index contributed by atoms with van der Waals surface area (Å²) in [5.41, 5.74) is 2.11. The summed E-state index contributed by atoms with van der Waals surface area (Å²) in [5, 5.41) is 11.5. The molecule has 0 aliphatic carbocycles. The Bertz CT molecular complexity index is 424. The van der Waals surface area contributed by atoms with Crippen LogP contribution in [-0.4, -0.2) is 37.8 Å². The van der Waals surface area contributed by atoms with Gasteiger partial charge in [-0.15, -0.1) is 0 Å². The summed E-state index contributed by atoms with van der Waals surface area (Å²) in [6, 6.07) is 7.93. The van der Waals surface area contributed by atoms with E-state index < -0.39 is 0 Å². The molecule has 0 bridgehead atoms. The summed E-state index contributed by atoms with van der Waals surface area (Å²) in [7, 11) is 3.97. The third-order valence-electron chi connectivity index (χ3n) is 2.79. The van der Waals surface area contributed by atoms with Crippen molar-refractivity contribution < 1.29 is 9.90 Å². The maximum Gasteiger partial charge on any atom is 0.244 e. The lowest BCUT2D eigenvalue weighted by Crippen LogP contribution is -2.31. The van der Waals surface area contributed by atoms with Crippen LogP contribution in [0.2, 0.25) is 0 Å². The molecule has 0 aliphatic heterocycles. The highest BCUT2D eigenvalue weighted by atomic mass is 16.3. The van der Waals surface area contributed by atoms with Crippen LogP contribution < -0.4 is 10.2 Å². The Kier molecular flexibility index (Phi) is 6.09. The minimum Gasteiger partial charge on any atom is -0.396 e. The number of nitrogens with one attached hydrogen (secondary N) is 1. The highest BCUT2D eigenvalue weighted by Crippen LogP contribution is 2.12. The number of anilines is 1. The minimum absolute atomic E-state index is 0.0155. The predicted octanol–water partition coefficient (Wildman–Crippen LogP) is 1.65. The molecule has 0 aliphatic rings. The van der Waals surface area contributed by atoms with Crippen molar-refractivity contribution in [1.82, 2.24) is 5.32 Å². The molecule has 2 N–H and O–H groups in total. The quantitative estimate of drug-likeness (QED) is 0.767. The van der Waals surface area contributed by atoms with Gasteiger partial charge >= 0.3 is 0 Å². The van der Waals surface area contributed by atoms with E-state index in [2.05, 4.69) is 5.32 Å². The van der Waals surface area contributed by atoms with Crippen molar-refractivity contribution >= 4 is 17.7 Å². The fourth-order valence-electron chi connectivity index (χ4n) is 1.61. The summed E-state index contributed by atoms with van der Waals surface area (Å²) in [6.45, 7) is 1.95. The molecule has 0 spiro atoms. The van der Waals surface area contributed by atoms with E-state index in [9.17, 15) is 4.79 Å². The largest absolute Gasteiger partial charge is 0.396 e. The van der Waals surface area contributed by atoms with Crippen LogP contribution in [0.4, 0.5) is 5.69 Å². The van der Waals surface area contributed by atoms with E-state index in [1.807, 2.05) is 50.2 Å². The number of hydrogen-bond acceptors (Lipinski definition) is 3. The van der Waals surface area contributed by atoms with Gasteiger partial charge in [0.25, 0.3) is 0 Å². The number of aliphatic hydroxyl groups is 1. The molecule has 0 aromatic heterocycles. The van der Waals surface area contributed by atoms with Crippen molar-refractivity contribution in [2.24, 2.45) is 0 Å². The Morgan fingerprint density at radius 3 is 2.53 bits per heavy atom. The molecule has 4 heteroatoms. The number of rotatable bonds is 6. The lowest BCUT2D eigenvalue weighted by Gasteiger charge is -2.12. The van der Waals surface area contributed by atoms with Gasteiger partial charge in [-0.05, 0) is 37.1 Å². The van der Waals surface area contributed by atoms with Gasteiger partial charge in [0, 0.05) is 38.5 Å². The smallest absolute Gasteiger partial charge is 0.244 e. The number of benzene rings is 1. The number of nitrogens with zero attached hydrogens (tertiary/aromatic N) is 1. The second-order valence-electron chi connectivity index (χ2n) is 4.74. The number of carbonyl (C=O) groups excluding carboxylic acids is 1. The molecule has 1 atom stereocenters. The maximum absolute atomic E-state index is 11.6. The molecule has 4 nitrogen and oxygen atoms in total. The maximum atomic E-state index is 11.6. The summed E-state index contributed by atoms with van der Waals surface area (Å²) in [6.07, 6.45) is 3.86. The van der Waals surface area contributed by atoms with Crippen molar-refractivity contribution in [3.05, 3.63) is 35.9 Å². The average Bonchev–Trinajstić information content (AvgIpc) is 2.37. The SMILES string of the molecule is CC(CCO)NC(=O)/C=C/c1ccc(N(C)C)cc1. The first-order chi connectivity index (χ1) is 9.02. The van der Waals surface area contributed by atoms with Gasteiger partial charge in [-0.25, -0.2) is 0 Å². The number of carbonyl (C=O) groups is 1. The zero-order chi connectivity index (χ0) is 14.3. The van der Waals surface area contributed by atoms with Gasteiger partial charge in [0.05, 0.1) is 0 Å². The van der Waals surface area contributed by atoms with E-state index in [4.69, 9.17) is 5.11 Å². The van der Waals surface area contributed by atoms with Gasteiger partial charge < -0.3 is 15.3 Å². The van der Waals surface area contributed by atoms with Crippen LogP contribution in [0.15, 0.2) is 30.3 Å². The van der Waals surface area contributed by atoms with Crippen molar-refractivity contribution in [1.29, 1.82) is 0 Å². The molecule has 0 saturated carbocycles. The number of amides is 1. The van der Waals surface area contributed by atoms with Crippen molar-refractivity contribution in [2.45, 2.75) is 19.4 Å². The molecule has 0 fully saturated rings. The number of hydrogen-bond donors (Lipinski definition) is 2. The van der Waals surface area contributed by atoms with E-state index in [1.165, 1.54) is 6.08 Å². The van der Waals surface area contributed by atoms with E-state index in [0.717, 1.165) is 11.3 Å². The summed E-state index contributed by atoms with van der Waals surface area (Å²) in [5.74, 6) is -0.141. The average molecular weight is 262 g/mol. The normalized spacial score (nSPS) is 12.4.